The van der Waals surface area contributed by atoms with Crippen LogP contribution in [0.2, 0.25) is 0 Å². The summed E-state index contributed by atoms with van der Waals surface area (Å²) in [6.07, 6.45) is 0.366. The number of rotatable bonds is 7. The molecule has 0 radical (unpaired) electrons. The smallest absolute Gasteiger partial charge is 0.332 e. The van der Waals surface area contributed by atoms with Gasteiger partial charge in [0.25, 0.3) is 0 Å². The third kappa shape index (κ3) is 3.21. The van der Waals surface area contributed by atoms with Crippen LogP contribution in [0.25, 0.3) is 21.9 Å². The number of fused-ring (bicyclic) bond motifs is 1. The number of benzene rings is 2. The van der Waals surface area contributed by atoms with Crippen LogP contribution in [0.5, 0.6) is 5.88 Å². The number of aliphatic carboxylic acids is 1. The summed E-state index contributed by atoms with van der Waals surface area (Å²) in [6, 6.07) is 15.6. The summed E-state index contributed by atoms with van der Waals surface area (Å²) >= 11 is 0. The van der Waals surface area contributed by atoms with E-state index < -0.39 is 12.0 Å². The molecule has 6 nitrogen and oxygen atoms in total. The molecule has 1 amide bonds. The quantitative estimate of drug-likeness (QED) is 0.639. The zero-order valence-corrected chi connectivity index (χ0v) is 14.2. The molecule has 0 bridgehead atoms. The van der Waals surface area contributed by atoms with Crippen LogP contribution >= 0.6 is 0 Å². The molecule has 0 aliphatic carbocycles. The monoisotopic (exact) mass is 350 g/mol. The van der Waals surface area contributed by atoms with Gasteiger partial charge in [-0.25, -0.2) is 9.78 Å². The molecule has 1 atom stereocenters. The molecule has 0 aliphatic heterocycles. The highest BCUT2D eigenvalue weighted by molar-refractivity contribution is 6.01. The number of nitrogens with zero attached hydrogens (tertiary/aromatic N) is 1. The third-order valence-corrected chi connectivity index (χ3v) is 4.00. The Kier molecular flexibility index (Phi) is 5.12. The van der Waals surface area contributed by atoms with Crippen molar-refractivity contribution in [2.24, 2.45) is 0 Å². The van der Waals surface area contributed by atoms with E-state index in [1.165, 1.54) is 0 Å². The first-order valence-corrected chi connectivity index (χ1v) is 8.20. The van der Waals surface area contributed by atoms with E-state index in [2.05, 4.69) is 10.3 Å². The van der Waals surface area contributed by atoms with E-state index in [9.17, 15) is 14.7 Å². The molecule has 132 valence electrons. The highest BCUT2D eigenvalue weighted by atomic mass is 16.5. The summed E-state index contributed by atoms with van der Waals surface area (Å²) in [7, 11) is 0. The second-order valence-electron chi connectivity index (χ2n) is 5.58. The molecule has 2 aromatic carbocycles. The van der Waals surface area contributed by atoms with Crippen LogP contribution in [0, 0.1) is 0 Å². The highest BCUT2D eigenvalue weighted by Gasteiger charge is 2.27. The van der Waals surface area contributed by atoms with Crippen LogP contribution in [0.1, 0.15) is 18.7 Å². The first kappa shape index (κ1) is 17.4. The Morgan fingerprint density at radius 1 is 1.15 bits per heavy atom. The number of carbonyl (C=O) groups excluding carboxylic acids is 1. The van der Waals surface area contributed by atoms with Crippen molar-refractivity contribution in [2.75, 3.05) is 6.61 Å². The topological polar surface area (TPSA) is 88.5 Å². The van der Waals surface area contributed by atoms with E-state index in [0.717, 1.165) is 16.3 Å². The Hall–Kier alpha value is -3.41. The second-order valence-corrected chi connectivity index (χ2v) is 5.58. The van der Waals surface area contributed by atoms with Gasteiger partial charge in [-0.3, -0.25) is 4.79 Å². The highest BCUT2D eigenvalue weighted by Crippen LogP contribution is 2.38. The molecule has 0 saturated heterocycles. The van der Waals surface area contributed by atoms with Crippen LogP contribution < -0.4 is 10.1 Å². The molecule has 3 rings (SSSR count). The molecule has 0 saturated carbocycles. The molecule has 26 heavy (non-hydrogen) atoms. The Morgan fingerprint density at radius 2 is 1.81 bits per heavy atom. The number of pyridine rings is 1. The maximum Gasteiger partial charge on any atom is 0.332 e. The number of hydrogen-bond acceptors (Lipinski definition) is 4. The summed E-state index contributed by atoms with van der Waals surface area (Å²) in [5.41, 5.74) is 1.71. The van der Waals surface area contributed by atoms with E-state index in [1.54, 1.807) is 0 Å². The van der Waals surface area contributed by atoms with Crippen molar-refractivity contribution in [1.29, 1.82) is 0 Å². The van der Waals surface area contributed by atoms with Gasteiger partial charge in [0.1, 0.15) is 0 Å². The number of carbonyl (C=O) groups is 2. The van der Waals surface area contributed by atoms with Gasteiger partial charge >= 0.3 is 5.97 Å². The average molecular weight is 350 g/mol. The predicted octanol–water partition coefficient (Wildman–Crippen LogP) is 3.17. The summed E-state index contributed by atoms with van der Waals surface area (Å²) in [6.45, 7) is 2.22. The summed E-state index contributed by atoms with van der Waals surface area (Å²) in [4.78, 5) is 27.2. The Balaban J connectivity index is 2.40. The van der Waals surface area contributed by atoms with Crippen molar-refractivity contribution in [3.8, 4) is 17.0 Å². The van der Waals surface area contributed by atoms with Gasteiger partial charge < -0.3 is 15.2 Å². The minimum absolute atomic E-state index is 0.234. The lowest BCUT2D eigenvalue weighted by Crippen LogP contribution is -2.29. The Bertz CT molecular complexity index is 941. The molecule has 3 aromatic rings. The van der Waals surface area contributed by atoms with Gasteiger partial charge in [0.05, 0.1) is 12.3 Å². The second kappa shape index (κ2) is 7.65. The van der Waals surface area contributed by atoms with Crippen molar-refractivity contribution in [3.63, 3.8) is 0 Å². The maximum atomic E-state index is 11.8. The van der Waals surface area contributed by atoms with Gasteiger partial charge in [0.15, 0.2) is 6.04 Å². The normalized spacial score (nSPS) is 11.7. The van der Waals surface area contributed by atoms with Gasteiger partial charge in [-0.2, -0.15) is 0 Å². The van der Waals surface area contributed by atoms with Gasteiger partial charge in [-0.05, 0) is 23.9 Å². The average Bonchev–Trinajstić information content (AvgIpc) is 2.66. The van der Waals surface area contributed by atoms with E-state index in [0.29, 0.717) is 24.5 Å². The lowest BCUT2D eigenvalue weighted by molar-refractivity contribution is -0.140. The molecular weight excluding hydrogens is 332 g/mol. The number of hydrogen-bond donors (Lipinski definition) is 2. The number of nitrogens with one attached hydrogen (secondary N) is 1. The van der Waals surface area contributed by atoms with Crippen LogP contribution in [0.4, 0.5) is 0 Å². The van der Waals surface area contributed by atoms with Crippen molar-refractivity contribution in [2.45, 2.75) is 13.0 Å². The fraction of sp³-hybridized carbons (Fsp3) is 0.150. The van der Waals surface area contributed by atoms with Crippen molar-refractivity contribution in [3.05, 3.63) is 60.3 Å². The first-order valence-electron chi connectivity index (χ1n) is 8.20. The van der Waals surface area contributed by atoms with Gasteiger partial charge in [-0.1, -0.05) is 48.5 Å². The summed E-state index contributed by atoms with van der Waals surface area (Å²) in [5, 5.41) is 13.6. The number of carboxylic acids is 1. The number of ether oxygens (including phenoxy) is 1. The van der Waals surface area contributed by atoms with Crippen molar-refractivity contribution >= 4 is 23.2 Å². The van der Waals surface area contributed by atoms with Gasteiger partial charge in [0, 0.05) is 10.9 Å². The first-order chi connectivity index (χ1) is 12.7. The summed E-state index contributed by atoms with van der Waals surface area (Å²) < 4.78 is 5.64. The van der Waals surface area contributed by atoms with Gasteiger partial charge in [0.2, 0.25) is 12.3 Å². The lowest BCUT2D eigenvalue weighted by atomic mass is 9.94. The zero-order valence-electron chi connectivity index (χ0n) is 14.2. The fourth-order valence-electron chi connectivity index (χ4n) is 2.95. The molecule has 1 aromatic heterocycles. The number of amides is 1. The molecule has 0 fully saturated rings. The van der Waals surface area contributed by atoms with E-state index in [1.807, 2.05) is 61.5 Å². The van der Waals surface area contributed by atoms with Crippen LogP contribution in [-0.4, -0.2) is 29.1 Å². The standard InChI is InChI=1S/C20H18N2O4/c1-2-26-19-15-11-7-6-10-14(15)16(13-8-4-3-5-9-13)17(22-19)18(20(24)25)21-12-23/h3-12,18H,2H2,1H3,(H,21,23)(H,24,25)/t18-/m0/s1. The fourth-order valence-corrected chi connectivity index (χ4v) is 2.95. The minimum Gasteiger partial charge on any atom is -0.479 e. The van der Waals surface area contributed by atoms with Gasteiger partial charge in [-0.15, -0.1) is 0 Å². The molecule has 0 unspecified atom stereocenters. The van der Waals surface area contributed by atoms with E-state index in [4.69, 9.17) is 4.74 Å². The lowest BCUT2D eigenvalue weighted by Gasteiger charge is -2.19. The van der Waals surface area contributed by atoms with E-state index >= 15 is 0 Å². The molecule has 0 spiro atoms. The molecule has 1 heterocycles. The predicted molar refractivity (Wildman–Crippen MR) is 97.9 cm³/mol. The number of carboxylic acid groups (broad SMARTS) is 1. The summed E-state index contributed by atoms with van der Waals surface area (Å²) in [5.74, 6) is -0.851. The molecule has 6 heteroatoms. The number of aromatic nitrogens is 1. The van der Waals surface area contributed by atoms with E-state index in [-0.39, 0.29) is 5.69 Å². The minimum atomic E-state index is -1.29. The largest absolute Gasteiger partial charge is 0.479 e. The Labute approximate surface area is 150 Å². The van der Waals surface area contributed by atoms with Crippen LogP contribution in [0.3, 0.4) is 0 Å². The Morgan fingerprint density at radius 3 is 2.42 bits per heavy atom. The van der Waals surface area contributed by atoms with Crippen LogP contribution in [-0.2, 0) is 9.59 Å². The third-order valence-electron chi connectivity index (χ3n) is 4.00. The molecule has 2 N–H and O–H groups in total. The SMILES string of the molecule is CCOc1nc([C@H](NC=O)C(=O)O)c(-c2ccccc2)c2ccccc12. The van der Waals surface area contributed by atoms with Crippen molar-refractivity contribution in [1.82, 2.24) is 10.3 Å². The zero-order chi connectivity index (χ0) is 18.5. The molecular formula is C20H18N2O4. The maximum absolute atomic E-state index is 11.8. The van der Waals surface area contributed by atoms with Crippen LogP contribution in [0.15, 0.2) is 54.6 Å². The molecule has 0 aliphatic rings. The van der Waals surface area contributed by atoms with Crippen molar-refractivity contribution < 1.29 is 19.4 Å².